The van der Waals surface area contributed by atoms with Gasteiger partial charge in [-0.2, -0.15) is 0 Å². The van der Waals surface area contributed by atoms with E-state index in [0.717, 1.165) is 6.42 Å². The van der Waals surface area contributed by atoms with E-state index >= 15 is 0 Å². The summed E-state index contributed by atoms with van der Waals surface area (Å²) in [5.74, 6) is 0. The zero-order chi connectivity index (χ0) is 14.0. The van der Waals surface area contributed by atoms with Gasteiger partial charge in [-0.25, -0.2) is 0 Å². The highest BCUT2D eigenvalue weighted by molar-refractivity contribution is 7.84. The summed E-state index contributed by atoms with van der Waals surface area (Å²) < 4.78 is 0. The summed E-state index contributed by atoms with van der Waals surface area (Å²) in [7, 11) is 0. The van der Waals surface area contributed by atoms with Gasteiger partial charge in [0.2, 0.25) is 0 Å². The van der Waals surface area contributed by atoms with Crippen LogP contribution >= 0.6 is 12.6 Å². The van der Waals surface area contributed by atoms with Gasteiger partial charge in [-0.15, -0.1) is 12.6 Å². The van der Waals surface area contributed by atoms with E-state index in [1.54, 1.807) is 11.1 Å². The molecule has 21 heavy (non-hydrogen) atoms. The molecule has 0 amide bonds. The van der Waals surface area contributed by atoms with Crippen LogP contribution in [0.4, 0.5) is 0 Å². The summed E-state index contributed by atoms with van der Waals surface area (Å²) in [5.41, 5.74) is 8.98. The molecule has 5 aliphatic carbocycles. The van der Waals surface area contributed by atoms with Gasteiger partial charge in [-0.05, 0) is 51.7 Å². The molecule has 0 aliphatic heterocycles. The summed E-state index contributed by atoms with van der Waals surface area (Å²) >= 11 is 4.68. The van der Waals surface area contributed by atoms with Crippen LogP contribution in [-0.2, 0) is 0 Å². The maximum atomic E-state index is 4.68. The van der Waals surface area contributed by atoms with E-state index in [1.165, 1.54) is 40.0 Å². The smallest absolute Gasteiger partial charge is 0.0577 e. The van der Waals surface area contributed by atoms with Crippen molar-refractivity contribution in [2.24, 2.45) is 5.41 Å². The van der Waals surface area contributed by atoms with Crippen LogP contribution in [0.2, 0.25) is 0 Å². The minimum absolute atomic E-state index is 0.0466. The molecule has 0 aromatic carbocycles. The highest BCUT2D eigenvalue weighted by Crippen LogP contribution is 2.58. The summed E-state index contributed by atoms with van der Waals surface area (Å²) in [6.07, 6.45) is 23.8. The molecule has 0 saturated heterocycles. The predicted molar refractivity (Wildman–Crippen MR) is 91.0 cm³/mol. The minimum atomic E-state index is -0.0466. The van der Waals surface area contributed by atoms with Crippen LogP contribution in [0, 0.1) is 5.41 Å². The first-order valence-corrected chi connectivity index (χ1v) is 8.07. The van der Waals surface area contributed by atoms with E-state index in [0.29, 0.717) is 0 Å². The van der Waals surface area contributed by atoms with Crippen molar-refractivity contribution in [2.45, 2.75) is 19.3 Å². The fourth-order valence-electron chi connectivity index (χ4n) is 4.48. The summed E-state index contributed by atoms with van der Waals surface area (Å²) in [6.45, 7) is 0. The summed E-state index contributed by atoms with van der Waals surface area (Å²) in [5, 5.41) is 0. The van der Waals surface area contributed by atoms with Crippen LogP contribution in [0.15, 0.2) is 93.0 Å². The van der Waals surface area contributed by atoms with Crippen LogP contribution in [0.5, 0.6) is 0 Å². The summed E-state index contributed by atoms with van der Waals surface area (Å²) in [6, 6.07) is 0. The third-order valence-electron chi connectivity index (χ3n) is 5.28. The standard InChI is InChI=1S/C20H16S/c21-14-11-13-7-8-15-17-5-1-3-9-20(17)10-4-2-6-18(20)16(12-14)19(13)15/h1-6,9-10,12,21H,7-8,11H2. The molecule has 0 saturated carbocycles. The van der Waals surface area contributed by atoms with Gasteiger partial charge in [0.25, 0.3) is 0 Å². The Morgan fingerprint density at radius 1 is 0.905 bits per heavy atom. The second-order valence-electron chi connectivity index (χ2n) is 6.32. The zero-order valence-corrected chi connectivity index (χ0v) is 12.7. The van der Waals surface area contributed by atoms with Crippen molar-refractivity contribution >= 4 is 12.6 Å². The van der Waals surface area contributed by atoms with Crippen LogP contribution in [0.25, 0.3) is 0 Å². The molecule has 0 nitrogen and oxygen atoms in total. The molecule has 0 aromatic heterocycles. The van der Waals surface area contributed by atoms with Crippen molar-refractivity contribution < 1.29 is 0 Å². The van der Waals surface area contributed by atoms with Crippen molar-refractivity contribution in [2.75, 3.05) is 0 Å². The van der Waals surface area contributed by atoms with Gasteiger partial charge in [-0.1, -0.05) is 54.2 Å². The molecule has 5 rings (SSSR count). The first-order valence-electron chi connectivity index (χ1n) is 7.62. The van der Waals surface area contributed by atoms with Gasteiger partial charge < -0.3 is 0 Å². The Kier molecular flexibility index (Phi) is 2.22. The predicted octanol–water partition coefficient (Wildman–Crippen LogP) is 5.14. The first kappa shape index (κ1) is 11.9. The van der Waals surface area contributed by atoms with Crippen molar-refractivity contribution in [3.63, 3.8) is 0 Å². The topological polar surface area (TPSA) is 0 Å². The van der Waals surface area contributed by atoms with Gasteiger partial charge in [0, 0.05) is 6.42 Å². The highest BCUT2D eigenvalue weighted by Gasteiger charge is 2.43. The monoisotopic (exact) mass is 288 g/mol. The highest BCUT2D eigenvalue weighted by atomic mass is 32.1. The second-order valence-corrected chi connectivity index (χ2v) is 6.89. The molecule has 0 heterocycles. The van der Waals surface area contributed by atoms with E-state index in [1.807, 2.05) is 0 Å². The molecule has 0 N–H and O–H groups in total. The SMILES string of the molecule is SC1=CC2=C3C=CC=CC34C=CC=CC4=C3CCC(=C23)C1. The molecule has 0 aromatic rings. The number of hydrogen-bond donors (Lipinski definition) is 1. The average molecular weight is 288 g/mol. The molecular formula is C20H16S. The normalized spacial score (nSPS) is 31.6. The fraction of sp³-hybridized carbons (Fsp3) is 0.200. The largest absolute Gasteiger partial charge is 0.148 e. The van der Waals surface area contributed by atoms with Gasteiger partial charge in [0.1, 0.15) is 0 Å². The van der Waals surface area contributed by atoms with Gasteiger partial charge >= 0.3 is 0 Å². The van der Waals surface area contributed by atoms with Crippen molar-refractivity contribution in [3.05, 3.63) is 93.0 Å². The average Bonchev–Trinajstić information content (AvgIpc) is 2.91. The number of allylic oxidation sites excluding steroid dienone is 16. The molecule has 1 unspecified atom stereocenters. The lowest BCUT2D eigenvalue weighted by Crippen LogP contribution is -2.29. The molecule has 0 bridgehead atoms. The van der Waals surface area contributed by atoms with Gasteiger partial charge in [0.15, 0.2) is 0 Å². The Bertz CT molecular complexity index is 808. The summed E-state index contributed by atoms with van der Waals surface area (Å²) in [4.78, 5) is 1.20. The van der Waals surface area contributed by atoms with Crippen molar-refractivity contribution in [3.8, 4) is 0 Å². The van der Waals surface area contributed by atoms with Gasteiger partial charge in [-0.3, -0.25) is 0 Å². The Labute approximate surface area is 130 Å². The number of thiol groups is 1. The lowest BCUT2D eigenvalue weighted by Gasteiger charge is -2.41. The Morgan fingerprint density at radius 3 is 2.48 bits per heavy atom. The van der Waals surface area contributed by atoms with Crippen LogP contribution in [0.3, 0.4) is 0 Å². The van der Waals surface area contributed by atoms with E-state index < -0.39 is 0 Å². The van der Waals surface area contributed by atoms with E-state index in [4.69, 9.17) is 0 Å². The van der Waals surface area contributed by atoms with E-state index in [2.05, 4.69) is 67.3 Å². The second kappa shape index (κ2) is 3.92. The molecule has 1 heteroatoms. The minimum Gasteiger partial charge on any atom is -0.148 e. The van der Waals surface area contributed by atoms with E-state index in [9.17, 15) is 0 Å². The molecule has 1 atom stereocenters. The molecule has 0 fully saturated rings. The molecular weight excluding hydrogens is 272 g/mol. The molecule has 5 aliphatic rings. The Hall–Kier alpha value is -1.73. The lowest BCUT2D eigenvalue weighted by molar-refractivity contribution is 0.696. The number of rotatable bonds is 0. The third kappa shape index (κ3) is 1.38. The third-order valence-corrected chi connectivity index (χ3v) is 5.57. The first-order chi connectivity index (χ1) is 10.3. The molecule has 0 radical (unpaired) electrons. The quantitative estimate of drug-likeness (QED) is 0.586. The molecule has 1 spiro atoms. The maximum Gasteiger partial charge on any atom is 0.0577 e. The lowest BCUT2D eigenvalue weighted by atomic mass is 9.61. The van der Waals surface area contributed by atoms with E-state index in [-0.39, 0.29) is 5.41 Å². The zero-order valence-electron chi connectivity index (χ0n) is 11.8. The maximum absolute atomic E-state index is 4.68. The Balaban J connectivity index is 1.92. The van der Waals surface area contributed by atoms with Crippen LogP contribution in [0.1, 0.15) is 19.3 Å². The van der Waals surface area contributed by atoms with Gasteiger partial charge in [0.05, 0.1) is 5.41 Å². The number of hydrogen-bond acceptors (Lipinski definition) is 1. The van der Waals surface area contributed by atoms with Crippen molar-refractivity contribution in [1.82, 2.24) is 0 Å². The van der Waals surface area contributed by atoms with Crippen molar-refractivity contribution in [1.29, 1.82) is 0 Å². The van der Waals surface area contributed by atoms with Crippen LogP contribution in [-0.4, -0.2) is 0 Å². The fourth-order valence-corrected chi connectivity index (χ4v) is 4.80. The van der Waals surface area contributed by atoms with Crippen LogP contribution < -0.4 is 0 Å². The molecule has 102 valence electrons. The Morgan fingerprint density at radius 2 is 1.67 bits per heavy atom.